The molecule has 1 aliphatic carbocycles. The molecule has 3 rings (SSSR count). The normalized spacial score (nSPS) is 25.3. The molecule has 0 spiro atoms. The molecule has 3 amide bonds. The molecule has 1 heterocycles. The van der Waals surface area contributed by atoms with Crippen LogP contribution in [0, 0.1) is 17.6 Å². The average Bonchev–Trinajstić information content (AvgIpc) is 2.96. The number of para-hydroxylation sites is 1. The predicted octanol–water partition coefficient (Wildman–Crippen LogP) is 2.01. The van der Waals surface area contributed by atoms with E-state index in [-0.39, 0.29) is 24.9 Å². The Kier molecular flexibility index (Phi) is 5.57. The number of carboxylic acid groups (broad SMARTS) is 1. The number of benzene rings is 1. The van der Waals surface area contributed by atoms with E-state index in [4.69, 9.17) is 5.11 Å². The summed E-state index contributed by atoms with van der Waals surface area (Å²) < 4.78 is 27.8. The summed E-state index contributed by atoms with van der Waals surface area (Å²) in [4.78, 5) is 36.5. The number of rotatable bonds is 4. The molecule has 1 saturated heterocycles. The van der Waals surface area contributed by atoms with Crippen LogP contribution in [0.3, 0.4) is 0 Å². The smallest absolute Gasteiger partial charge is 0.315 e. The van der Waals surface area contributed by atoms with Crippen molar-refractivity contribution in [2.24, 2.45) is 5.92 Å². The first-order valence-corrected chi connectivity index (χ1v) is 8.92. The summed E-state index contributed by atoms with van der Waals surface area (Å²) in [6.45, 7) is 0.103. The first-order chi connectivity index (χ1) is 12.9. The minimum absolute atomic E-state index is 0.103. The Hall–Kier alpha value is -2.71. The van der Waals surface area contributed by atoms with Gasteiger partial charge in [0.1, 0.15) is 23.4 Å². The second kappa shape index (κ2) is 7.89. The van der Waals surface area contributed by atoms with E-state index < -0.39 is 41.3 Å². The molecule has 0 aromatic heterocycles. The molecule has 0 bridgehead atoms. The molecule has 146 valence electrons. The van der Waals surface area contributed by atoms with Crippen molar-refractivity contribution in [1.82, 2.24) is 10.6 Å². The zero-order valence-electron chi connectivity index (χ0n) is 14.6. The quantitative estimate of drug-likeness (QED) is 0.743. The van der Waals surface area contributed by atoms with Gasteiger partial charge in [-0.3, -0.25) is 9.59 Å². The summed E-state index contributed by atoms with van der Waals surface area (Å²) in [5.41, 5.74) is -0.404. The van der Waals surface area contributed by atoms with Crippen LogP contribution in [0.2, 0.25) is 0 Å². The molecule has 27 heavy (non-hydrogen) atoms. The molecule has 1 saturated carbocycles. The zero-order valence-corrected chi connectivity index (χ0v) is 14.6. The summed E-state index contributed by atoms with van der Waals surface area (Å²) in [6.07, 6.45) is 2.32. The summed E-state index contributed by atoms with van der Waals surface area (Å²) >= 11 is 0. The molecule has 1 atom stereocenters. The van der Waals surface area contributed by atoms with Crippen molar-refractivity contribution >= 4 is 23.6 Å². The molecule has 1 aromatic carbocycles. The van der Waals surface area contributed by atoms with Gasteiger partial charge < -0.3 is 20.6 Å². The summed E-state index contributed by atoms with van der Waals surface area (Å²) in [6, 6.07) is 1.82. The van der Waals surface area contributed by atoms with Crippen molar-refractivity contribution in [3.8, 4) is 0 Å². The zero-order chi connectivity index (χ0) is 19.6. The lowest BCUT2D eigenvalue weighted by Crippen LogP contribution is -2.50. The third-order valence-corrected chi connectivity index (χ3v) is 5.13. The lowest BCUT2D eigenvalue weighted by molar-refractivity contribution is -0.142. The fraction of sp³-hybridized carbons (Fsp3) is 0.500. The van der Waals surface area contributed by atoms with Crippen LogP contribution in [0.1, 0.15) is 32.1 Å². The second-order valence-electron chi connectivity index (χ2n) is 6.91. The third kappa shape index (κ3) is 4.17. The Labute approximate surface area is 154 Å². The van der Waals surface area contributed by atoms with Crippen molar-refractivity contribution < 1.29 is 28.3 Å². The number of carbonyl (C=O) groups excluding carboxylic acids is 2. The van der Waals surface area contributed by atoms with Crippen molar-refractivity contribution in [2.45, 2.75) is 44.2 Å². The van der Waals surface area contributed by atoms with Crippen molar-refractivity contribution in [2.75, 3.05) is 11.4 Å². The lowest BCUT2D eigenvalue weighted by Gasteiger charge is -2.27. The van der Waals surface area contributed by atoms with Gasteiger partial charge >= 0.3 is 12.0 Å². The average molecular weight is 381 g/mol. The summed E-state index contributed by atoms with van der Waals surface area (Å²) in [7, 11) is 0. The highest BCUT2D eigenvalue weighted by Gasteiger charge is 2.36. The van der Waals surface area contributed by atoms with E-state index in [1.165, 1.54) is 6.07 Å². The van der Waals surface area contributed by atoms with Crippen LogP contribution >= 0.6 is 0 Å². The molecule has 1 aromatic rings. The SMILES string of the molecule is O=C(NC1CCC(C(=O)O)CC1)NC1CCN(c2c(F)cccc2F)C1=O. The number of halogens is 2. The van der Waals surface area contributed by atoms with Gasteiger partial charge in [0.25, 0.3) is 0 Å². The Morgan fingerprint density at radius 1 is 1.04 bits per heavy atom. The fourth-order valence-corrected chi connectivity index (χ4v) is 3.65. The number of carbonyl (C=O) groups is 3. The van der Waals surface area contributed by atoms with Crippen molar-refractivity contribution in [3.63, 3.8) is 0 Å². The molecule has 3 N–H and O–H groups in total. The summed E-state index contributed by atoms with van der Waals surface area (Å²) in [5, 5.41) is 14.3. The van der Waals surface area contributed by atoms with Gasteiger partial charge in [0.15, 0.2) is 0 Å². The Balaban J connectivity index is 1.54. The van der Waals surface area contributed by atoms with Gasteiger partial charge in [-0.15, -0.1) is 0 Å². The minimum atomic E-state index is -0.862. The monoisotopic (exact) mass is 381 g/mol. The Morgan fingerprint density at radius 2 is 1.67 bits per heavy atom. The van der Waals surface area contributed by atoms with Gasteiger partial charge in [0.2, 0.25) is 5.91 Å². The van der Waals surface area contributed by atoms with Crippen LogP contribution in [0.4, 0.5) is 19.3 Å². The number of nitrogens with one attached hydrogen (secondary N) is 2. The predicted molar refractivity (Wildman–Crippen MR) is 92.2 cm³/mol. The van der Waals surface area contributed by atoms with Gasteiger partial charge in [0.05, 0.1) is 5.92 Å². The van der Waals surface area contributed by atoms with Crippen LogP contribution < -0.4 is 15.5 Å². The molecule has 1 unspecified atom stereocenters. The van der Waals surface area contributed by atoms with E-state index in [1.807, 2.05) is 0 Å². The molecule has 0 radical (unpaired) electrons. The van der Waals surface area contributed by atoms with Crippen molar-refractivity contribution in [3.05, 3.63) is 29.8 Å². The molecule has 7 nitrogen and oxygen atoms in total. The van der Waals surface area contributed by atoms with Crippen LogP contribution in [0.25, 0.3) is 0 Å². The van der Waals surface area contributed by atoms with E-state index in [9.17, 15) is 23.2 Å². The number of hydrogen-bond acceptors (Lipinski definition) is 3. The highest BCUT2D eigenvalue weighted by Crippen LogP contribution is 2.28. The Morgan fingerprint density at radius 3 is 2.26 bits per heavy atom. The van der Waals surface area contributed by atoms with Gasteiger partial charge in [-0.25, -0.2) is 13.6 Å². The first-order valence-electron chi connectivity index (χ1n) is 8.92. The van der Waals surface area contributed by atoms with E-state index in [1.54, 1.807) is 0 Å². The van der Waals surface area contributed by atoms with Gasteiger partial charge in [-0.05, 0) is 44.2 Å². The maximum absolute atomic E-state index is 13.9. The summed E-state index contributed by atoms with van der Waals surface area (Å²) in [5.74, 6) is -3.43. The van der Waals surface area contributed by atoms with E-state index >= 15 is 0 Å². The maximum Gasteiger partial charge on any atom is 0.315 e. The molecule has 9 heteroatoms. The second-order valence-corrected chi connectivity index (χ2v) is 6.91. The van der Waals surface area contributed by atoms with E-state index in [0.29, 0.717) is 25.7 Å². The maximum atomic E-state index is 13.9. The van der Waals surface area contributed by atoms with Gasteiger partial charge in [-0.1, -0.05) is 6.07 Å². The van der Waals surface area contributed by atoms with E-state index in [2.05, 4.69) is 10.6 Å². The van der Waals surface area contributed by atoms with Crippen LogP contribution in [-0.2, 0) is 9.59 Å². The number of hydrogen-bond donors (Lipinski definition) is 3. The number of amides is 3. The first kappa shape index (κ1) is 19.1. The number of carboxylic acids is 1. The van der Waals surface area contributed by atoms with E-state index in [0.717, 1.165) is 17.0 Å². The molecule has 2 aliphatic rings. The number of urea groups is 1. The lowest BCUT2D eigenvalue weighted by atomic mass is 9.86. The Bertz CT molecular complexity index is 730. The van der Waals surface area contributed by atoms with Crippen LogP contribution in [0.15, 0.2) is 18.2 Å². The van der Waals surface area contributed by atoms with Gasteiger partial charge in [0, 0.05) is 12.6 Å². The van der Waals surface area contributed by atoms with Crippen LogP contribution in [0.5, 0.6) is 0 Å². The largest absolute Gasteiger partial charge is 0.481 e. The van der Waals surface area contributed by atoms with Crippen molar-refractivity contribution in [1.29, 1.82) is 0 Å². The third-order valence-electron chi connectivity index (χ3n) is 5.13. The minimum Gasteiger partial charge on any atom is -0.481 e. The number of anilines is 1. The highest BCUT2D eigenvalue weighted by atomic mass is 19.1. The highest BCUT2D eigenvalue weighted by molar-refractivity contribution is 6.01. The van der Waals surface area contributed by atoms with Gasteiger partial charge in [-0.2, -0.15) is 0 Å². The number of nitrogens with zero attached hydrogens (tertiary/aromatic N) is 1. The van der Waals surface area contributed by atoms with Crippen LogP contribution in [-0.4, -0.2) is 41.6 Å². The molecular weight excluding hydrogens is 360 g/mol. The molecule has 2 fully saturated rings. The molecular formula is C18H21F2N3O4. The molecule has 1 aliphatic heterocycles. The number of aliphatic carboxylic acids is 1. The standard InChI is InChI=1S/C18H21F2N3O4/c19-12-2-1-3-13(20)15(12)23-9-8-14(16(23)24)22-18(27)21-11-6-4-10(5-7-11)17(25)26/h1-3,10-11,14H,4-9H2,(H,25,26)(H2,21,22,27). The topological polar surface area (TPSA) is 98.7 Å². The fourth-order valence-electron chi connectivity index (χ4n) is 3.65.